The van der Waals surface area contributed by atoms with Gasteiger partial charge in [-0.1, -0.05) is 31.5 Å². The highest BCUT2D eigenvalue weighted by atomic mass is 32.1. The van der Waals surface area contributed by atoms with Crippen LogP contribution in [0.3, 0.4) is 0 Å². The molecule has 0 aliphatic heterocycles. The number of anilines is 1. The van der Waals surface area contributed by atoms with E-state index in [1.54, 1.807) is 23.5 Å². The number of H-pyrrole nitrogens is 1. The molecular weight excluding hydrogens is 325 g/mol. The third kappa shape index (κ3) is 3.71. The number of rotatable bonds is 6. The fourth-order valence-electron chi connectivity index (χ4n) is 2.51. The number of aromatic amines is 1. The number of aromatic nitrogens is 2. The van der Waals surface area contributed by atoms with Crippen LogP contribution in [0.4, 0.5) is 10.1 Å². The van der Waals surface area contributed by atoms with Gasteiger partial charge in [0.15, 0.2) is 0 Å². The Balaban J connectivity index is 1.81. The van der Waals surface area contributed by atoms with Gasteiger partial charge in [-0.05, 0) is 35.6 Å². The highest BCUT2D eigenvalue weighted by molar-refractivity contribution is 7.13. The summed E-state index contributed by atoms with van der Waals surface area (Å²) in [5.74, 6) is -0.447. The average Bonchev–Trinajstić information content (AvgIpc) is 3.21. The molecule has 0 fully saturated rings. The molecule has 2 heterocycles. The number of carbonyl (C=O) groups excluding carboxylic acids is 1. The van der Waals surface area contributed by atoms with Crippen molar-refractivity contribution in [2.24, 2.45) is 0 Å². The van der Waals surface area contributed by atoms with Gasteiger partial charge in [-0.15, -0.1) is 11.3 Å². The van der Waals surface area contributed by atoms with Crippen molar-refractivity contribution in [1.29, 1.82) is 0 Å². The summed E-state index contributed by atoms with van der Waals surface area (Å²) in [6.45, 7) is 2.08. The highest BCUT2D eigenvalue weighted by Gasteiger charge is 2.17. The van der Waals surface area contributed by atoms with Crippen LogP contribution >= 0.6 is 11.3 Å². The van der Waals surface area contributed by atoms with Crippen LogP contribution in [0.15, 0.2) is 41.8 Å². The van der Waals surface area contributed by atoms with E-state index < -0.39 is 0 Å². The van der Waals surface area contributed by atoms with Crippen molar-refractivity contribution < 1.29 is 9.18 Å². The van der Waals surface area contributed by atoms with Crippen molar-refractivity contribution in [2.45, 2.75) is 26.2 Å². The molecule has 0 aliphatic carbocycles. The lowest BCUT2D eigenvalue weighted by molar-refractivity contribution is -0.115. The van der Waals surface area contributed by atoms with Gasteiger partial charge in [-0.25, -0.2) is 4.39 Å². The number of nitrogens with one attached hydrogen (secondary N) is 2. The average molecular weight is 343 g/mol. The van der Waals surface area contributed by atoms with E-state index in [1.165, 1.54) is 12.1 Å². The molecule has 0 unspecified atom stereocenters. The van der Waals surface area contributed by atoms with Crippen molar-refractivity contribution in [2.75, 3.05) is 5.32 Å². The van der Waals surface area contributed by atoms with Gasteiger partial charge in [0.1, 0.15) is 11.5 Å². The Morgan fingerprint density at radius 2 is 2.08 bits per heavy atom. The Hall–Kier alpha value is -2.47. The number of halogens is 1. The van der Waals surface area contributed by atoms with Crippen LogP contribution in [-0.2, 0) is 17.6 Å². The minimum absolute atomic E-state index is 0.141. The van der Waals surface area contributed by atoms with Crippen molar-refractivity contribution in [3.05, 3.63) is 58.9 Å². The van der Waals surface area contributed by atoms with Gasteiger partial charge in [0.2, 0.25) is 5.91 Å². The zero-order chi connectivity index (χ0) is 16.9. The first-order valence-corrected chi connectivity index (χ1v) is 8.70. The third-order valence-electron chi connectivity index (χ3n) is 3.64. The Morgan fingerprint density at radius 3 is 2.75 bits per heavy atom. The van der Waals surface area contributed by atoms with E-state index in [0.717, 1.165) is 40.4 Å². The second kappa shape index (κ2) is 7.40. The molecule has 3 rings (SSSR count). The summed E-state index contributed by atoms with van der Waals surface area (Å²) in [7, 11) is 0. The molecule has 0 saturated heterocycles. The number of hydrogen-bond acceptors (Lipinski definition) is 3. The van der Waals surface area contributed by atoms with Gasteiger partial charge in [0.25, 0.3) is 0 Å². The van der Waals surface area contributed by atoms with Crippen LogP contribution in [0.25, 0.3) is 10.6 Å². The quantitative estimate of drug-likeness (QED) is 0.696. The van der Waals surface area contributed by atoms with E-state index in [9.17, 15) is 9.18 Å². The lowest BCUT2D eigenvalue weighted by Gasteiger charge is -2.08. The van der Waals surface area contributed by atoms with E-state index in [2.05, 4.69) is 22.4 Å². The van der Waals surface area contributed by atoms with Gasteiger partial charge in [0.05, 0.1) is 22.7 Å². The van der Waals surface area contributed by atoms with E-state index >= 15 is 0 Å². The number of amides is 1. The van der Waals surface area contributed by atoms with E-state index in [-0.39, 0.29) is 18.1 Å². The van der Waals surface area contributed by atoms with Crippen molar-refractivity contribution in [1.82, 2.24) is 10.2 Å². The molecule has 4 nitrogen and oxygen atoms in total. The Morgan fingerprint density at radius 1 is 1.29 bits per heavy atom. The Labute approximate surface area is 143 Å². The van der Waals surface area contributed by atoms with E-state index in [4.69, 9.17) is 0 Å². The summed E-state index contributed by atoms with van der Waals surface area (Å²) in [5, 5.41) is 12.4. The maximum atomic E-state index is 13.0. The normalized spacial score (nSPS) is 10.8. The third-order valence-corrected chi connectivity index (χ3v) is 4.51. The Kier molecular flexibility index (Phi) is 5.05. The minimum Gasteiger partial charge on any atom is -0.322 e. The summed E-state index contributed by atoms with van der Waals surface area (Å²) in [6, 6.07) is 9.90. The second-order valence-corrected chi connectivity index (χ2v) is 6.45. The second-order valence-electron chi connectivity index (χ2n) is 5.50. The molecular formula is C18H18FN3OS. The highest BCUT2D eigenvalue weighted by Crippen LogP contribution is 2.32. The fourth-order valence-corrected chi connectivity index (χ4v) is 3.23. The van der Waals surface area contributed by atoms with Crippen molar-refractivity contribution in [3.8, 4) is 10.6 Å². The van der Waals surface area contributed by atoms with E-state index in [1.807, 2.05) is 17.5 Å². The van der Waals surface area contributed by atoms with Crippen LogP contribution in [-0.4, -0.2) is 16.1 Å². The summed E-state index contributed by atoms with van der Waals surface area (Å²) in [4.78, 5) is 13.4. The largest absolute Gasteiger partial charge is 0.322 e. The SMILES string of the molecule is CCCc1[nH]nc(-c2cccs2)c1NC(=O)Cc1ccc(F)cc1. The van der Waals surface area contributed by atoms with Crippen molar-refractivity contribution in [3.63, 3.8) is 0 Å². The molecule has 3 aromatic rings. The fraction of sp³-hybridized carbons (Fsp3) is 0.222. The van der Waals surface area contributed by atoms with Crippen LogP contribution in [0.2, 0.25) is 0 Å². The van der Waals surface area contributed by atoms with Crippen molar-refractivity contribution >= 4 is 22.9 Å². The first-order chi connectivity index (χ1) is 11.7. The number of benzene rings is 1. The molecule has 0 aliphatic rings. The first kappa shape index (κ1) is 16.4. The molecule has 2 aromatic heterocycles. The summed E-state index contributed by atoms with van der Waals surface area (Å²) < 4.78 is 13.0. The molecule has 1 aromatic carbocycles. The lowest BCUT2D eigenvalue weighted by atomic mass is 10.1. The van der Waals surface area contributed by atoms with Gasteiger partial charge in [0, 0.05) is 0 Å². The topological polar surface area (TPSA) is 57.8 Å². The number of carbonyl (C=O) groups is 1. The zero-order valence-electron chi connectivity index (χ0n) is 13.3. The van der Waals surface area contributed by atoms with Gasteiger partial charge in [-0.2, -0.15) is 5.10 Å². The van der Waals surface area contributed by atoms with E-state index in [0.29, 0.717) is 0 Å². The van der Waals surface area contributed by atoms with Crippen LogP contribution < -0.4 is 5.32 Å². The lowest BCUT2D eigenvalue weighted by Crippen LogP contribution is -2.15. The molecule has 124 valence electrons. The monoisotopic (exact) mass is 343 g/mol. The van der Waals surface area contributed by atoms with Crippen LogP contribution in [0.5, 0.6) is 0 Å². The zero-order valence-corrected chi connectivity index (χ0v) is 14.1. The van der Waals surface area contributed by atoms with Crippen LogP contribution in [0.1, 0.15) is 24.6 Å². The van der Waals surface area contributed by atoms with Gasteiger partial charge in [-0.3, -0.25) is 9.89 Å². The molecule has 1 amide bonds. The Bertz CT molecular complexity index is 809. The molecule has 0 radical (unpaired) electrons. The maximum Gasteiger partial charge on any atom is 0.228 e. The molecule has 6 heteroatoms. The number of nitrogens with zero attached hydrogens (tertiary/aromatic N) is 1. The smallest absolute Gasteiger partial charge is 0.228 e. The number of aryl methyl sites for hydroxylation is 1. The molecule has 0 atom stereocenters. The minimum atomic E-state index is -0.306. The summed E-state index contributed by atoms with van der Waals surface area (Å²) in [5.41, 5.74) is 3.20. The molecule has 2 N–H and O–H groups in total. The molecule has 0 spiro atoms. The summed E-state index contributed by atoms with van der Waals surface area (Å²) in [6.07, 6.45) is 1.96. The molecule has 0 saturated carbocycles. The number of hydrogen-bond donors (Lipinski definition) is 2. The molecule has 24 heavy (non-hydrogen) atoms. The number of thiophene rings is 1. The molecule has 0 bridgehead atoms. The van der Waals surface area contributed by atoms with Crippen LogP contribution in [0, 0.1) is 5.82 Å². The standard InChI is InChI=1S/C18H18FN3OS/c1-2-4-14-17(18(22-21-14)15-5-3-10-24-15)20-16(23)11-12-6-8-13(19)9-7-12/h3,5-10H,2,4,11H2,1H3,(H,20,23)(H,21,22). The maximum absolute atomic E-state index is 13.0. The van der Waals surface area contributed by atoms with Gasteiger partial charge < -0.3 is 5.32 Å². The van der Waals surface area contributed by atoms with Gasteiger partial charge >= 0.3 is 0 Å². The first-order valence-electron chi connectivity index (χ1n) is 7.82. The summed E-state index contributed by atoms with van der Waals surface area (Å²) >= 11 is 1.58. The predicted molar refractivity (Wildman–Crippen MR) is 94.6 cm³/mol. The predicted octanol–water partition coefficient (Wildman–Crippen LogP) is 4.41.